The topological polar surface area (TPSA) is 101 Å². The third kappa shape index (κ3) is 3.75. The normalized spacial score (nSPS) is 15.2. The fourth-order valence-electron chi connectivity index (χ4n) is 1.82. The van der Waals surface area contributed by atoms with Crippen LogP contribution >= 0.6 is 0 Å². The molecule has 20 heavy (non-hydrogen) atoms. The number of sulfonamides is 1. The molecule has 1 fully saturated rings. The van der Waals surface area contributed by atoms with Gasteiger partial charge in [0.25, 0.3) is 5.69 Å². The number of nitrogens with zero attached hydrogens (tertiary/aromatic N) is 1. The van der Waals surface area contributed by atoms with Gasteiger partial charge in [-0.25, -0.2) is 13.1 Å². The zero-order valence-corrected chi connectivity index (χ0v) is 11.9. The molecule has 0 heterocycles. The van der Waals surface area contributed by atoms with Gasteiger partial charge in [0.15, 0.2) is 0 Å². The van der Waals surface area contributed by atoms with Gasteiger partial charge >= 0.3 is 0 Å². The molecule has 0 unspecified atom stereocenters. The van der Waals surface area contributed by atoms with Crippen molar-refractivity contribution < 1.29 is 13.3 Å². The molecule has 0 aliphatic heterocycles. The summed E-state index contributed by atoms with van der Waals surface area (Å²) in [7, 11) is -3.72. The maximum Gasteiger partial charge on any atom is 0.270 e. The SMILES string of the molecule is Cc1ccc([N+](=O)[O-])cc1S(=O)(=O)NCCNC1CC1. The van der Waals surface area contributed by atoms with E-state index in [-0.39, 0.29) is 17.1 Å². The summed E-state index contributed by atoms with van der Waals surface area (Å²) in [6, 6.07) is 4.34. The average molecular weight is 299 g/mol. The van der Waals surface area contributed by atoms with Gasteiger partial charge in [0, 0.05) is 31.3 Å². The van der Waals surface area contributed by atoms with Crippen molar-refractivity contribution in [2.45, 2.75) is 30.7 Å². The van der Waals surface area contributed by atoms with E-state index in [0.29, 0.717) is 18.2 Å². The van der Waals surface area contributed by atoms with Gasteiger partial charge < -0.3 is 5.32 Å². The Morgan fingerprint density at radius 2 is 2.05 bits per heavy atom. The van der Waals surface area contributed by atoms with Crippen LogP contribution in [-0.4, -0.2) is 32.5 Å². The molecule has 1 aliphatic rings. The van der Waals surface area contributed by atoms with Crippen LogP contribution in [0.2, 0.25) is 0 Å². The minimum absolute atomic E-state index is 0.0434. The molecule has 0 radical (unpaired) electrons. The number of nitrogens with one attached hydrogen (secondary N) is 2. The van der Waals surface area contributed by atoms with Crippen LogP contribution in [0.4, 0.5) is 5.69 Å². The first-order valence-electron chi connectivity index (χ1n) is 6.38. The Morgan fingerprint density at radius 3 is 2.65 bits per heavy atom. The first-order chi connectivity index (χ1) is 9.40. The number of rotatable bonds is 7. The van der Waals surface area contributed by atoms with Gasteiger partial charge in [0.1, 0.15) is 0 Å². The predicted molar refractivity (Wildman–Crippen MR) is 74.0 cm³/mol. The molecular formula is C12H17N3O4S. The highest BCUT2D eigenvalue weighted by Crippen LogP contribution is 2.21. The van der Waals surface area contributed by atoms with Crippen molar-refractivity contribution in [1.29, 1.82) is 0 Å². The summed E-state index contributed by atoms with van der Waals surface area (Å²) >= 11 is 0. The summed E-state index contributed by atoms with van der Waals surface area (Å²) < 4.78 is 26.7. The molecule has 0 atom stereocenters. The fourth-order valence-corrected chi connectivity index (χ4v) is 3.11. The van der Waals surface area contributed by atoms with Gasteiger partial charge in [-0.05, 0) is 25.3 Å². The zero-order chi connectivity index (χ0) is 14.8. The second-order valence-electron chi connectivity index (χ2n) is 4.83. The van der Waals surface area contributed by atoms with Crippen LogP contribution in [0.5, 0.6) is 0 Å². The molecule has 7 nitrogen and oxygen atoms in total. The Hall–Kier alpha value is -1.51. The van der Waals surface area contributed by atoms with Crippen molar-refractivity contribution in [3.63, 3.8) is 0 Å². The average Bonchev–Trinajstić information content (AvgIpc) is 3.18. The molecule has 1 saturated carbocycles. The lowest BCUT2D eigenvalue weighted by atomic mass is 10.2. The standard InChI is InChI=1S/C12H17N3O4S/c1-9-2-5-11(15(16)17)8-12(9)20(18,19)14-7-6-13-10-3-4-10/h2,5,8,10,13-14H,3-4,6-7H2,1H3. The van der Waals surface area contributed by atoms with Gasteiger partial charge in [0.05, 0.1) is 9.82 Å². The summed E-state index contributed by atoms with van der Waals surface area (Å²) in [5.41, 5.74) is 0.255. The summed E-state index contributed by atoms with van der Waals surface area (Å²) in [5.74, 6) is 0. The van der Waals surface area contributed by atoms with Gasteiger partial charge in [-0.3, -0.25) is 10.1 Å². The quantitative estimate of drug-likeness (QED) is 0.443. The van der Waals surface area contributed by atoms with E-state index in [1.165, 1.54) is 12.1 Å². The highest BCUT2D eigenvalue weighted by Gasteiger charge is 2.22. The molecular weight excluding hydrogens is 282 g/mol. The van der Waals surface area contributed by atoms with Crippen molar-refractivity contribution in [3.05, 3.63) is 33.9 Å². The molecule has 1 aromatic carbocycles. The van der Waals surface area contributed by atoms with E-state index in [9.17, 15) is 18.5 Å². The summed E-state index contributed by atoms with van der Waals surface area (Å²) in [6.45, 7) is 2.43. The Labute approximate surface area is 117 Å². The fraction of sp³-hybridized carbons (Fsp3) is 0.500. The van der Waals surface area contributed by atoms with Crippen LogP contribution < -0.4 is 10.0 Å². The number of non-ortho nitro benzene ring substituents is 1. The Kier molecular flexibility index (Phi) is 4.36. The molecule has 1 aromatic rings. The molecule has 8 heteroatoms. The monoisotopic (exact) mass is 299 g/mol. The molecule has 0 bridgehead atoms. The van der Waals surface area contributed by atoms with Crippen LogP contribution in [0, 0.1) is 17.0 Å². The zero-order valence-electron chi connectivity index (χ0n) is 11.1. The minimum atomic E-state index is -3.72. The van der Waals surface area contributed by atoms with Crippen LogP contribution in [0.3, 0.4) is 0 Å². The second kappa shape index (κ2) is 5.86. The number of benzene rings is 1. The van der Waals surface area contributed by atoms with E-state index in [1.807, 2.05) is 0 Å². The molecule has 0 saturated heterocycles. The Morgan fingerprint density at radius 1 is 1.35 bits per heavy atom. The van der Waals surface area contributed by atoms with Crippen molar-refractivity contribution >= 4 is 15.7 Å². The van der Waals surface area contributed by atoms with E-state index < -0.39 is 14.9 Å². The lowest BCUT2D eigenvalue weighted by Gasteiger charge is -2.09. The van der Waals surface area contributed by atoms with Gasteiger partial charge in [-0.15, -0.1) is 0 Å². The van der Waals surface area contributed by atoms with Gasteiger partial charge in [-0.1, -0.05) is 6.07 Å². The van der Waals surface area contributed by atoms with Crippen LogP contribution in [0.25, 0.3) is 0 Å². The van der Waals surface area contributed by atoms with Crippen molar-refractivity contribution in [2.24, 2.45) is 0 Å². The maximum atomic E-state index is 12.1. The third-order valence-electron chi connectivity index (χ3n) is 3.10. The Bertz CT molecular complexity index is 611. The van der Waals surface area contributed by atoms with Crippen molar-refractivity contribution in [2.75, 3.05) is 13.1 Å². The van der Waals surface area contributed by atoms with E-state index in [2.05, 4.69) is 10.0 Å². The van der Waals surface area contributed by atoms with Gasteiger partial charge in [0.2, 0.25) is 10.0 Å². The van der Waals surface area contributed by atoms with E-state index in [0.717, 1.165) is 18.9 Å². The molecule has 0 amide bonds. The summed E-state index contributed by atoms with van der Waals surface area (Å²) in [6.07, 6.45) is 2.27. The highest BCUT2D eigenvalue weighted by atomic mass is 32.2. The van der Waals surface area contributed by atoms with Crippen molar-refractivity contribution in [1.82, 2.24) is 10.0 Å². The largest absolute Gasteiger partial charge is 0.313 e. The lowest BCUT2D eigenvalue weighted by Crippen LogP contribution is -2.33. The van der Waals surface area contributed by atoms with E-state index in [4.69, 9.17) is 0 Å². The number of aryl methyl sites for hydroxylation is 1. The number of nitro benzene ring substituents is 1. The molecule has 110 valence electrons. The third-order valence-corrected chi connectivity index (χ3v) is 4.70. The van der Waals surface area contributed by atoms with Crippen LogP contribution in [0.1, 0.15) is 18.4 Å². The number of hydrogen-bond acceptors (Lipinski definition) is 5. The number of nitro groups is 1. The minimum Gasteiger partial charge on any atom is -0.313 e. The first-order valence-corrected chi connectivity index (χ1v) is 7.86. The second-order valence-corrected chi connectivity index (χ2v) is 6.57. The highest BCUT2D eigenvalue weighted by molar-refractivity contribution is 7.89. The predicted octanol–water partition coefficient (Wildman–Crippen LogP) is 0.934. The van der Waals surface area contributed by atoms with E-state index in [1.54, 1.807) is 6.92 Å². The Balaban J connectivity index is 2.06. The molecule has 2 rings (SSSR count). The molecule has 0 spiro atoms. The summed E-state index contributed by atoms with van der Waals surface area (Å²) in [4.78, 5) is 10.1. The smallest absolute Gasteiger partial charge is 0.270 e. The molecule has 0 aromatic heterocycles. The van der Waals surface area contributed by atoms with E-state index >= 15 is 0 Å². The number of hydrogen-bond donors (Lipinski definition) is 2. The summed E-state index contributed by atoms with van der Waals surface area (Å²) in [5, 5.41) is 13.9. The van der Waals surface area contributed by atoms with Crippen LogP contribution in [0.15, 0.2) is 23.1 Å². The molecule has 1 aliphatic carbocycles. The van der Waals surface area contributed by atoms with Crippen LogP contribution in [-0.2, 0) is 10.0 Å². The molecule has 2 N–H and O–H groups in total. The van der Waals surface area contributed by atoms with Crippen molar-refractivity contribution in [3.8, 4) is 0 Å². The van der Waals surface area contributed by atoms with Gasteiger partial charge in [-0.2, -0.15) is 0 Å². The maximum absolute atomic E-state index is 12.1. The first kappa shape index (κ1) is 14.9. The lowest BCUT2D eigenvalue weighted by molar-refractivity contribution is -0.385.